The second-order valence-electron chi connectivity index (χ2n) is 7.26. The van der Waals surface area contributed by atoms with Crippen molar-refractivity contribution in [2.75, 3.05) is 0 Å². The Kier molecular flexibility index (Phi) is 2.75. The summed E-state index contributed by atoms with van der Waals surface area (Å²) in [6.45, 7) is 2.14. The molecule has 24 heavy (non-hydrogen) atoms. The van der Waals surface area contributed by atoms with Crippen LogP contribution in [0.15, 0.2) is 83.0 Å². The van der Waals surface area contributed by atoms with Crippen LogP contribution in [0.1, 0.15) is 24.5 Å². The highest BCUT2D eigenvalue weighted by atomic mass is 35.5. The summed E-state index contributed by atoms with van der Waals surface area (Å²) >= 11 is 7.39. The third kappa shape index (κ3) is 1.37. The zero-order valence-electron chi connectivity index (χ0n) is 13.6. The van der Waals surface area contributed by atoms with E-state index in [1.165, 1.54) is 11.1 Å². The molecule has 3 heteroatoms. The van der Waals surface area contributed by atoms with E-state index >= 15 is 0 Å². The fourth-order valence-electron chi connectivity index (χ4n) is 5.40. The van der Waals surface area contributed by atoms with Crippen LogP contribution in [0.3, 0.4) is 0 Å². The Labute approximate surface area is 147 Å². The molecule has 0 unspecified atom stereocenters. The van der Waals surface area contributed by atoms with E-state index in [1.54, 1.807) is 0 Å². The number of nitrogens with zero attached hydrogens (tertiary/aromatic N) is 2. The third-order valence-corrected chi connectivity index (χ3v) is 6.99. The first-order chi connectivity index (χ1) is 11.6. The van der Waals surface area contributed by atoms with Crippen molar-refractivity contribution in [1.82, 2.24) is 0 Å². The average molecular weight is 335 g/mol. The first-order valence-electron chi connectivity index (χ1n) is 8.55. The lowest BCUT2D eigenvalue weighted by Gasteiger charge is -2.39. The molecule has 0 radical (unpaired) electrons. The van der Waals surface area contributed by atoms with Crippen LogP contribution in [0, 0.1) is 11.8 Å². The van der Waals surface area contributed by atoms with Crippen LogP contribution in [-0.4, -0.2) is 4.87 Å². The van der Waals surface area contributed by atoms with Crippen molar-refractivity contribution >= 4 is 11.6 Å². The number of fused-ring (bicyclic) bond motifs is 5. The molecule has 0 saturated heterocycles. The van der Waals surface area contributed by atoms with E-state index in [1.807, 2.05) is 12.1 Å². The second-order valence-corrected chi connectivity index (χ2v) is 8.02. The number of alkyl halides is 1. The van der Waals surface area contributed by atoms with Crippen molar-refractivity contribution in [2.24, 2.45) is 22.1 Å². The van der Waals surface area contributed by atoms with Gasteiger partial charge in [-0.25, -0.2) is 0 Å². The lowest BCUT2D eigenvalue weighted by molar-refractivity contribution is 0.256. The van der Waals surface area contributed by atoms with Gasteiger partial charge in [-0.2, -0.15) is 10.2 Å². The number of halogens is 1. The molecule has 0 N–H and O–H groups in total. The van der Waals surface area contributed by atoms with Gasteiger partial charge in [-0.1, -0.05) is 72.8 Å². The summed E-state index contributed by atoms with van der Waals surface area (Å²) in [6, 6.07) is 21.0. The van der Waals surface area contributed by atoms with Gasteiger partial charge in [0.2, 0.25) is 0 Å². The minimum absolute atomic E-state index is 0.292. The Balaban J connectivity index is 1.81. The fraction of sp³-hybridized carbons (Fsp3) is 0.333. The van der Waals surface area contributed by atoms with Gasteiger partial charge in [0.1, 0.15) is 16.0 Å². The second kappa shape index (κ2) is 4.58. The molecule has 0 spiro atoms. The number of hydrogen-bond donors (Lipinski definition) is 0. The van der Waals surface area contributed by atoms with Gasteiger partial charge in [0, 0.05) is 11.8 Å². The minimum Gasteiger partial charge on any atom is -0.179 e. The van der Waals surface area contributed by atoms with Crippen molar-refractivity contribution in [1.29, 1.82) is 0 Å². The van der Waals surface area contributed by atoms with Crippen LogP contribution in [0.5, 0.6) is 0 Å². The smallest absolute Gasteiger partial charge is 0.135 e. The number of azo groups is 1. The van der Waals surface area contributed by atoms with Gasteiger partial charge in [-0.15, -0.1) is 11.6 Å². The van der Waals surface area contributed by atoms with Gasteiger partial charge in [-0.3, -0.25) is 0 Å². The summed E-state index contributed by atoms with van der Waals surface area (Å²) < 4.78 is 0. The lowest BCUT2D eigenvalue weighted by Crippen LogP contribution is -2.48. The summed E-state index contributed by atoms with van der Waals surface area (Å²) in [5.74, 6) is 0.653. The van der Waals surface area contributed by atoms with Gasteiger partial charge in [-0.05, 0) is 24.5 Å². The molecule has 2 nitrogen and oxygen atoms in total. The Morgan fingerprint density at radius 3 is 2.04 bits per heavy atom. The van der Waals surface area contributed by atoms with Gasteiger partial charge in [0.25, 0.3) is 0 Å². The van der Waals surface area contributed by atoms with E-state index in [9.17, 15) is 0 Å². The largest absolute Gasteiger partial charge is 0.179 e. The van der Waals surface area contributed by atoms with Crippen molar-refractivity contribution < 1.29 is 0 Å². The van der Waals surface area contributed by atoms with Crippen molar-refractivity contribution in [2.45, 2.75) is 29.3 Å². The fourth-order valence-corrected chi connectivity index (χ4v) is 5.96. The molecule has 2 bridgehead atoms. The van der Waals surface area contributed by atoms with E-state index in [-0.39, 0.29) is 0 Å². The Bertz CT molecular complexity index is 843. The van der Waals surface area contributed by atoms with Gasteiger partial charge < -0.3 is 0 Å². The molecule has 3 aliphatic rings. The quantitative estimate of drug-likeness (QED) is 0.515. The van der Waals surface area contributed by atoms with Crippen molar-refractivity contribution in [3.8, 4) is 0 Å². The predicted octanol–water partition coefficient (Wildman–Crippen LogP) is 5.45. The molecular weight excluding hydrogens is 316 g/mol. The molecule has 0 aromatic heterocycles. The molecule has 120 valence electrons. The van der Waals surface area contributed by atoms with Gasteiger partial charge in [0.15, 0.2) is 0 Å². The highest BCUT2D eigenvalue weighted by Gasteiger charge is 2.79. The highest BCUT2D eigenvalue weighted by Crippen LogP contribution is 2.74. The Morgan fingerprint density at radius 1 is 0.875 bits per heavy atom. The Morgan fingerprint density at radius 2 is 1.42 bits per heavy atom. The molecule has 2 aromatic rings. The summed E-state index contributed by atoms with van der Waals surface area (Å²) in [6.07, 6.45) is 5.61. The van der Waals surface area contributed by atoms with E-state index in [4.69, 9.17) is 21.8 Å². The average Bonchev–Trinajstić information content (AvgIpc) is 3.24. The topological polar surface area (TPSA) is 24.7 Å². The maximum Gasteiger partial charge on any atom is 0.135 e. The monoisotopic (exact) mass is 334 g/mol. The lowest BCUT2D eigenvalue weighted by atomic mass is 9.72. The third-order valence-electron chi connectivity index (χ3n) is 6.41. The van der Waals surface area contributed by atoms with Crippen LogP contribution in [0.4, 0.5) is 0 Å². The van der Waals surface area contributed by atoms with E-state index in [2.05, 4.69) is 67.6 Å². The van der Waals surface area contributed by atoms with Crippen molar-refractivity contribution in [3.05, 3.63) is 83.9 Å². The van der Waals surface area contributed by atoms with Crippen LogP contribution in [0.25, 0.3) is 0 Å². The molecule has 1 saturated carbocycles. The summed E-state index contributed by atoms with van der Waals surface area (Å²) in [7, 11) is 0. The molecule has 5 rings (SSSR count). The molecule has 2 aliphatic carbocycles. The van der Waals surface area contributed by atoms with Crippen molar-refractivity contribution in [3.63, 3.8) is 0 Å². The minimum atomic E-state index is -0.594. The van der Waals surface area contributed by atoms with E-state index in [0.717, 1.165) is 6.42 Å². The number of allylic oxidation sites excluding steroid dienone is 1. The number of hydrogen-bond acceptors (Lipinski definition) is 2. The molecule has 2 aromatic carbocycles. The van der Waals surface area contributed by atoms with Crippen LogP contribution in [-0.2, 0) is 11.1 Å². The first kappa shape index (κ1) is 14.4. The predicted molar refractivity (Wildman–Crippen MR) is 96.1 cm³/mol. The summed E-state index contributed by atoms with van der Waals surface area (Å²) in [5.41, 5.74) is 1.38. The van der Waals surface area contributed by atoms with Gasteiger partial charge in [0.05, 0.1) is 0 Å². The molecule has 5 atom stereocenters. The molecule has 1 heterocycles. The van der Waals surface area contributed by atoms with Crippen LogP contribution < -0.4 is 0 Å². The van der Waals surface area contributed by atoms with E-state index < -0.39 is 16.0 Å². The summed E-state index contributed by atoms with van der Waals surface area (Å²) in [4.78, 5) is -0.594. The maximum absolute atomic E-state index is 7.39. The maximum atomic E-state index is 7.39. The molecule has 1 aliphatic heterocycles. The number of rotatable bonds is 2. The van der Waals surface area contributed by atoms with E-state index in [0.29, 0.717) is 11.8 Å². The first-order valence-corrected chi connectivity index (χ1v) is 8.93. The van der Waals surface area contributed by atoms with Crippen LogP contribution >= 0.6 is 11.6 Å². The molecular formula is C21H19ClN2. The SMILES string of the molecule is C[C@@]1(Cl)[C@]2(c3ccccc3)N=N[C@@]1(c1ccccc1)[C@H]1CC=C[C@H]12. The normalized spacial score (nSPS) is 41.8. The van der Waals surface area contributed by atoms with Gasteiger partial charge >= 0.3 is 0 Å². The zero-order valence-corrected chi connectivity index (χ0v) is 14.3. The van der Waals surface area contributed by atoms with Crippen LogP contribution in [0.2, 0.25) is 0 Å². The zero-order chi connectivity index (χ0) is 16.4. The molecule has 0 amide bonds. The summed E-state index contributed by atoms with van der Waals surface area (Å²) in [5, 5.41) is 9.79. The standard InChI is InChI=1S/C21H19ClN2/c1-19(22)20(15-9-4-2-5-10-15)17-13-8-14-18(17)21(19,24-23-20)16-11-6-3-7-12-16/h2-13,17-18H,14H2,1H3/t17-,18+,19-,20-,21+/m1/s1. The highest BCUT2D eigenvalue weighted by molar-refractivity contribution is 6.26. The number of benzene rings is 2. The molecule has 1 fully saturated rings. The Hall–Kier alpha value is -1.93.